The molecule has 0 aromatic carbocycles. The number of alkyl halides is 1. The Hall–Kier alpha value is -0.830. The molecule has 1 rings (SSSR count). The number of rotatable bonds is 4. The molecule has 0 radical (unpaired) electrons. The van der Waals surface area contributed by atoms with Gasteiger partial charge in [-0.05, 0) is 27.7 Å². The summed E-state index contributed by atoms with van der Waals surface area (Å²) in [5, 5.41) is 0. The molecule has 3 nitrogen and oxygen atoms in total. The van der Waals surface area contributed by atoms with Crippen LogP contribution in [0.15, 0.2) is 6.07 Å². The Morgan fingerprint density at radius 1 is 1.33 bits per heavy atom. The summed E-state index contributed by atoms with van der Waals surface area (Å²) in [6.45, 7) is 8.99. The first-order chi connectivity index (χ1) is 7.04. The summed E-state index contributed by atoms with van der Waals surface area (Å²) < 4.78 is 0. The molecule has 4 heteroatoms. The van der Waals surface area contributed by atoms with E-state index in [9.17, 15) is 0 Å². The molecule has 15 heavy (non-hydrogen) atoms. The lowest BCUT2D eigenvalue weighted by Gasteiger charge is -2.27. The molecule has 0 N–H and O–H groups in total. The Morgan fingerprint density at radius 3 is 2.47 bits per heavy atom. The maximum Gasteiger partial charge on any atom is 0.132 e. The first-order valence-corrected chi connectivity index (χ1v) is 5.73. The van der Waals surface area contributed by atoms with Gasteiger partial charge in [-0.2, -0.15) is 0 Å². The molecule has 0 atom stereocenters. The monoisotopic (exact) mass is 227 g/mol. The average molecular weight is 228 g/mol. The first-order valence-electron chi connectivity index (χ1n) is 5.19. The third-order valence-corrected chi connectivity index (χ3v) is 2.36. The Bertz CT molecular complexity index is 305. The van der Waals surface area contributed by atoms with Crippen molar-refractivity contribution in [3.8, 4) is 0 Å². The van der Waals surface area contributed by atoms with Crippen LogP contribution in [0, 0.1) is 13.8 Å². The van der Waals surface area contributed by atoms with Gasteiger partial charge in [-0.1, -0.05) is 0 Å². The van der Waals surface area contributed by atoms with Crippen molar-refractivity contribution >= 4 is 17.4 Å². The van der Waals surface area contributed by atoms with E-state index in [1.165, 1.54) is 0 Å². The van der Waals surface area contributed by atoms with Gasteiger partial charge in [-0.15, -0.1) is 11.6 Å². The fourth-order valence-electron chi connectivity index (χ4n) is 1.57. The van der Waals surface area contributed by atoms with Crippen molar-refractivity contribution < 1.29 is 0 Å². The first kappa shape index (κ1) is 12.2. The van der Waals surface area contributed by atoms with Crippen LogP contribution in [0.2, 0.25) is 0 Å². The lowest BCUT2D eigenvalue weighted by molar-refractivity contribution is 0.691. The number of aryl methyl sites for hydroxylation is 2. The molecule has 0 aliphatic rings. The molecule has 0 aliphatic heterocycles. The zero-order valence-corrected chi connectivity index (χ0v) is 10.5. The van der Waals surface area contributed by atoms with E-state index in [0.29, 0.717) is 11.9 Å². The van der Waals surface area contributed by atoms with Crippen molar-refractivity contribution in [1.29, 1.82) is 0 Å². The standard InChI is InChI=1S/C11H18ClN3/c1-8(2)15(6-5-12)11-7-9(3)13-10(4)14-11/h7-8H,5-6H2,1-4H3. The number of halogens is 1. The molecule has 0 fully saturated rings. The van der Waals surface area contributed by atoms with Crippen molar-refractivity contribution in [2.45, 2.75) is 33.7 Å². The van der Waals surface area contributed by atoms with Gasteiger partial charge in [0.15, 0.2) is 0 Å². The van der Waals surface area contributed by atoms with Gasteiger partial charge >= 0.3 is 0 Å². The Kier molecular flexibility index (Phi) is 4.33. The average Bonchev–Trinajstić information content (AvgIpc) is 2.11. The molecule has 84 valence electrons. The van der Waals surface area contributed by atoms with E-state index in [-0.39, 0.29) is 0 Å². The second-order valence-corrected chi connectivity index (χ2v) is 4.27. The van der Waals surface area contributed by atoms with Gasteiger partial charge in [0.05, 0.1) is 0 Å². The lowest BCUT2D eigenvalue weighted by Crippen LogP contribution is -2.33. The number of hydrogen-bond donors (Lipinski definition) is 0. The maximum absolute atomic E-state index is 5.78. The minimum absolute atomic E-state index is 0.400. The summed E-state index contributed by atoms with van der Waals surface area (Å²) in [5.74, 6) is 2.39. The van der Waals surface area contributed by atoms with Crippen molar-refractivity contribution in [1.82, 2.24) is 9.97 Å². The summed E-state index contributed by atoms with van der Waals surface area (Å²) >= 11 is 5.78. The highest BCUT2D eigenvalue weighted by molar-refractivity contribution is 6.18. The van der Waals surface area contributed by atoms with Crippen LogP contribution in [-0.2, 0) is 0 Å². The second-order valence-electron chi connectivity index (χ2n) is 3.89. The molecular weight excluding hydrogens is 210 g/mol. The largest absolute Gasteiger partial charge is 0.353 e. The predicted molar refractivity (Wildman–Crippen MR) is 64.7 cm³/mol. The minimum Gasteiger partial charge on any atom is -0.353 e. The van der Waals surface area contributed by atoms with Crippen LogP contribution in [-0.4, -0.2) is 28.4 Å². The Morgan fingerprint density at radius 2 is 2.00 bits per heavy atom. The van der Waals surface area contributed by atoms with Crippen LogP contribution >= 0.6 is 11.6 Å². The summed E-state index contributed by atoms with van der Waals surface area (Å²) in [4.78, 5) is 10.9. The molecule has 1 aromatic rings. The minimum atomic E-state index is 0.400. The van der Waals surface area contributed by atoms with E-state index in [2.05, 4.69) is 28.7 Å². The normalized spacial score (nSPS) is 10.8. The highest BCUT2D eigenvalue weighted by Gasteiger charge is 2.12. The van der Waals surface area contributed by atoms with Crippen LogP contribution < -0.4 is 4.90 Å². The van der Waals surface area contributed by atoms with Gasteiger partial charge < -0.3 is 4.90 Å². The number of nitrogens with zero attached hydrogens (tertiary/aromatic N) is 3. The fourth-order valence-corrected chi connectivity index (χ4v) is 1.75. The van der Waals surface area contributed by atoms with Crippen molar-refractivity contribution in [2.24, 2.45) is 0 Å². The van der Waals surface area contributed by atoms with Gasteiger partial charge in [0, 0.05) is 30.2 Å². The lowest BCUT2D eigenvalue weighted by atomic mass is 10.3. The molecule has 0 amide bonds. The van der Waals surface area contributed by atoms with Crippen molar-refractivity contribution in [3.05, 3.63) is 17.6 Å². The van der Waals surface area contributed by atoms with E-state index < -0.39 is 0 Å². The molecule has 0 bridgehead atoms. The quantitative estimate of drug-likeness (QED) is 0.741. The molecule has 0 spiro atoms. The van der Waals surface area contributed by atoms with Gasteiger partial charge in [0.25, 0.3) is 0 Å². The number of aromatic nitrogens is 2. The molecule has 0 saturated heterocycles. The third kappa shape index (κ3) is 3.34. The number of hydrogen-bond acceptors (Lipinski definition) is 3. The summed E-state index contributed by atoms with van der Waals surface area (Å²) in [6.07, 6.45) is 0. The number of anilines is 1. The highest BCUT2D eigenvalue weighted by Crippen LogP contribution is 2.15. The molecule has 1 aromatic heterocycles. The zero-order valence-electron chi connectivity index (χ0n) is 9.79. The molecule has 0 aliphatic carbocycles. The third-order valence-electron chi connectivity index (χ3n) is 2.20. The van der Waals surface area contributed by atoms with E-state index >= 15 is 0 Å². The summed E-state index contributed by atoms with van der Waals surface area (Å²) in [6, 6.07) is 2.40. The smallest absolute Gasteiger partial charge is 0.132 e. The van der Waals surface area contributed by atoms with Gasteiger partial charge in [-0.25, -0.2) is 9.97 Å². The van der Waals surface area contributed by atoms with Crippen LogP contribution in [0.4, 0.5) is 5.82 Å². The van der Waals surface area contributed by atoms with Crippen LogP contribution in [0.1, 0.15) is 25.4 Å². The van der Waals surface area contributed by atoms with Crippen LogP contribution in [0.25, 0.3) is 0 Å². The predicted octanol–water partition coefficient (Wildman–Crippen LogP) is 2.55. The Labute approximate surface area is 96.5 Å². The fraction of sp³-hybridized carbons (Fsp3) is 0.636. The summed E-state index contributed by atoms with van der Waals surface area (Å²) in [7, 11) is 0. The van der Waals surface area contributed by atoms with E-state index in [1.54, 1.807) is 0 Å². The molecule has 0 saturated carbocycles. The van der Waals surface area contributed by atoms with Crippen LogP contribution in [0.5, 0.6) is 0 Å². The SMILES string of the molecule is Cc1cc(N(CCCl)C(C)C)nc(C)n1. The van der Waals surface area contributed by atoms with Gasteiger partial charge in [0.1, 0.15) is 11.6 Å². The summed E-state index contributed by atoms with van der Waals surface area (Å²) in [5.41, 5.74) is 0.998. The van der Waals surface area contributed by atoms with Crippen molar-refractivity contribution in [3.63, 3.8) is 0 Å². The van der Waals surface area contributed by atoms with Crippen LogP contribution in [0.3, 0.4) is 0 Å². The Balaban J connectivity index is 2.99. The second kappa shape index (κ2) is 5.31. The molecule has 1 heterocycles. The molecule has 0 unspecified atom stereocenters. The topological polar surface area (TPSA) is 29.0 Å². The van der Waals surface area contributed by atoms with Crippen molar-refractivity contribution in [2.75, 3.05) is 17.3 Å². The maximum atomic E-state index is 5.78. The van der Waals surface area contributed by atoms with E-state index in [0.717, 1.165) is 23.9 Å². The highest BCUT2D eigenvalue weighted by atomic mass is 35.5. The zero-order chi connectivity index (χ0) is 11.4. The van der Waals surface area contributed by atoms with E-state index in [4.69, 9.17) is 11.6 Å². The molecular formula is C11H18ClN3. The van der Waals surface area contributed by atoms with Gasteiger partial charge in [0.2, 0.25) is 0 Å². The van der Waals surface area contributed by atoms with E-state index in [1.807, 2.05) is 19.9 Å². The van der Waals surface area contributed by atoms with Gasteiger partial charge in [-0.3, -0.25) is 0 Å².